The van der Waals surface area contributed by atoms with Gasteiger partial charge in [-0.1, -0.05) is 12.1 Å². The van der Waals surface area contributed by atoms with Gasteiger partial charge in [0.1, 0.15) is 11.3 Å². The Morgan fingerprint density at radius 3 is 2.76 bits per heavy atom. The van der Waals surface area contributed by atoms with Crippen molar-refractivity contribution < 1.29 is 0 Å². The quantitative estimate of drug-likeness (QED) is 0.569. The lowest BCUT2D eigenvalue weighted by Gasteiger charge is -2.08. The number of rotatable bonds is 2. The molecule has 0 spiro atoms. The Hall–Kier alpha value is -3.15. The van der Waals surface area contributed by atoms with Gasteiger partial charge in [0, 0.05) is 36.0 Å². The first kappa shape index (κ1) is 11.7. The molecule has 6 heteroatoms. The van der Waals surface area contributed by atoms with Crippen molar-refractivity contribution in [2.24, 2.45) is 0 Å². The van der Waals surface area contributed by atoms with Crippen LogP contribution in [0.25, 0.3) is 22.7 Å². The lowest BCUT2D eigenvalue weighted by atomic mass is 10.2. The molecule has 0 aliphatic heterocycles. The molecular weight excluding hydrogens is 264 g/mol. The summed E-state index contributed by atoms with van der Waals surface area (Å²) in [6.45, 7) is 0. The summed E-state index contributed by atoms with van der Waals surface area (Å²) in [5.41, 5.74) is 8.43. The normalized spacial score (nSPS) is 11.0. The molecule has 4 rings (SSSR count). The van der Waals surface area contributed by atoms with Gasteiger partial charge in [0.25, 0.3) is 0 Å². The van der Waals surface area contributed by atoms with Crippen LogP contribution in [0.2, 0.25) is 0 Å². The van der Waals surface area contributed by atoms with Gasteiger partial charge in [0.15, 0.2) is 5.82 Å². The third-order valence-electron chi connectivity index (χ3n) is 3.32. The zero-order chi connectivity index (χ0) is 14.2. The van der Waals surface area contributed by atoms with E-state index in [4.69, 9.17) is 5.73 Å². The van der Waals surface area contributed by atoms with Crippen LogP contribution in [0.5, 0.6) is 0 Å². The standard InChI is InChI=1S/C15H12N6/c16-12-3-1-2-11(10-12)14-17-6-8-20(14)15-13-4-5-19-21(13)9-7-18-15/h1-10H,16H2. The van der Waals surface area contributed by atoms with Crippen molar-refractivity contribution in [3.05, 3.63) is 61.3 Å². The smallest absolute Gasteiger partial charge is 0.164 e. The fourth-order valence-corrected chi connectivity index (χ4v) is 2.39. The van der Waals surface area contributed by atoms with Gasteiger partial charge < -0.3 is 5.73 Å². The Morgan fingerprint density at radius 2 is 1.86 bits per heavy atom. The van der Waals surface area contributed by atoms with E-state index in [1.165, 1.54) is 0 Å². The van der Waals surface area contributed by atoms with Gasteiger partial charge in [0.05, 0.1) is 6.20 Å². The van der Waals surface area contributed by atoms with Crippen molar-refractivity contribution in [2.75, 3.05) is 5.73 Å². The van der Waals surface area contributed by atoms with Crippen LogP contribution in [-0.4, -0.2) is 24.1 Å². The SMILES string of the molecule is Nc1cccc(-c2nccn2-c2nccn3nccc23)c1. The van der Waals surface area contributed by atoms with E-state index in [0.717, 1.165) is 22.7 Å². The van der Waals surface area contributed by atoms with Gasteiger partial charge in [-0.15, -0.1) is 0 Å². The van der Waals surface area contributed by atoms with Crippen LogP contribution in [0, 0.1) is 0 Å². The van der Waals surface area contributed by atoms with Crippen LogP contribution in [0.4, 0.5) is 5.69 Å². The summed E-state index contributed by atoms with van der Waals surface area (Å²) in [6.07, 6.45) is 8.92. The minimum atomic E-state index is 0.706. The van der Waals surface area contributed by atoms with Crippen LogP contribution in [0.3, 0.4) is 0 Å². The first-order chi connectivity index (χ1) is 10.3. The molecule has 0 radical (unpaired) electrons. The average molecular weight is 276 g/mol. The minimum absolute atomic E-state index is 0.706. The number of nitrogen functional groups attached to an aromatic ring is 1. The summed E-state index contributed by atoms with van der Waals surface area (Å²) >= 11 is 0. The van der Waals surface area contributed by atoms with Crippen molar-refractivity contribution in [3.8, 4) is 17.2 Å². The molecule has 0 saturated heterocycles. The highest BCUT2D eigenvalue weighted by Gasteiger charge is 2.12. The second-order valence-corrected chi connectivity index (χ2v) is 4.66. The van der Waals surface area contributed by atoms with Crippen molar-refractivity contribution in [2.45, 2.75) is 0 Å². The van der Waals surface area contributed by atoms with Gasteiger partial charge in [-0.05, 0) is 18.2 Å². The van der Waals surface area contributed by atoms with E-state index < -0.39 is 0 Å². The maximum Gasteiger partial charge on any atom is 0.164 e. The first-order valence-electron chi connectivity index (χ1n) is 6.51. The molecule has 102 valence electrons. The van der Waals surface area contributed by atoms with Crippen LogP contribution < -0.4 is 5.73 Å². The maximum absolute atomic E-state index is 5.86. The van der Waals surface area contributed by atoms with Crippen molar-refractivity contribution in [1.29, 1.82) is 0 Å². The number of anilines is 1. The Kier molecular flexibility index (Phi) is 2.47. The van der Waals surface area contributed by atoms with Gasteiger partial charge in [0.2, 0.25) is 0 Å². The Labute approximate surface area is 120 Å². The molecule has 0 atom stereocenters. The topological polar surface area (TPSA) is 74.0 Å². The summed E-state index contributed by atoms with van der Waals surface area (Å²) in [7, 11) is 0. The lowest BCUT2D eigenvalue weighted by molar-refractivity contribution is 0.914. The molecule has 0 fully saturated rings. The molecule has 6 nitrogen and oxygen atoms in total. The van der Waals surface area contributed by atoms with Gasteiger partial charge in [-0.2, -0.15) is 5.10 Å². The van der Waals surface area contributed by atoms with E-state index in [9.17, 15) is 0 Å². The number of hydrogen-bond acceptors (Lipinski definition) is 4. The summed E-state index contributed by atoms with van der Waals surface area (Å²) < 4.78 is 3.72. The number of hydrogen-bond donors (Lipinski definition) is 1. The number of nitrogens with zero attached hydrogens (tertiary/aromatic N) is 5. The lowest BCUT2D eigenvalue weighted by Crippen LogP contribution is -2.02. The van der Waals surface area contributed by atoms with Crippen molar-refractivity contribution in [1.82, 2.24) is 24.1 Å². The van der Waals surface area contributed by atoms with Crippen molar-refractivity contribution >= 4 is 11.2 Å². The number of aromatic nitrogens is 5. The fraction of sp³-hybridized carbons (Fsp3) is 0. The van der Waals surface area contributed by atoms with E-state index in [2.05, 4.69) is 15.1 Å². The van der Waals surface area contributed by atoms with Crippen LogP contribution >= 0.6 is 0 Å². The average Bonchev–Trinajstić information content (AvgIpc) is 3.16. The molecule has 4 aromatic rings. The zero-order valence-electron chi connectivity index (χ0n) is 11.1. The molecule has 0 amide bonds. The van der Waals surface area contributed by atoms with E-state index in [1.807, 2.05) is 47.3 Å². The maximum atomic E-state index is 5.86. The third kappa shape index (κ3) is 1.85. The number of benzene rings is 1. The van der Waals surface area contributed by atoms with E-state index in [0.29, 0.717) is 5.69 Å². The number of nitrogens with two attached hydrogens (primary N) is 1. The molecule has 0 bridgehead atoms. The van der Waals surface area contributed by atoms with Gasteiger partial charge >= 0.3 is 0 Å². The second-order valence-electron chi connectivity index (χ2n) is 4.66. The van der Waals surface area contributed by atoms with Gasteiger partial charge in [-0.25, -0.2) is 14.5 Å². The molecule has 3 aromatic heterocycles. The first-order valence-corrected chi connectivity index (χ1v) is 6.51. The van der Waals surface area contributed by atoms with Gasteiger partial charge in [-0.3, -0.25) is 4.57 Å². The van der Waals surface area contributed by atoms with E-state index >= 15 is 0 Å². The number of imidazole rings is 1. The summed E-state index contributed by atoms with van der Waals surface area (Å²) in [5.74, 6) is 1.58. The molecular formula is C15H12N6. The van der Waals surface area contributed by atoms with Crippen LogP contribution in [0.1, 0.15) is 0 Å². The second kappa shape index (κ2) is 4.45. The Bertz CT molecular complexity index is 920. The van der Waals surface area contributed by atoms with Crippen LogP contribution in [0.15, 0.2) is 61.3 Å². The molecule has 0 aliphatic rings. The van der Waals surface area contributed by atoms with E-state index in [1.54, 1.807) is 23.1 Å². The van der Waals surface area contributed by atoms with Crippen molar-refractivity contribution in [3.63, 3.8) is 0 Å². The highest BCUT2D eigenvalue weighted by atomic mass is 15.2. The molecule has 0 saturated carbocycles. The predicted octanol–water partition coefficient (Wildman–Crippen LogP) is 2.16. The Balaban J connectivity index is 1.95. The molecule has 3 heterocycles. The third-order valence-corrected chi connectivity index (χ3v) is 3.32. The molecule has 0 unspecified atom stereocenters. The molecule has 0 aliphatic carbocycles. The largest absolute Gasteiger partial charge is 0.399 e. The minimum Gasteiger partial charge on any atom is -0.399 e. The molecule has 2 N–H and O–H groups in total. The zero-order valence-corrected chi connectivity index (χ0v) is 11.1. The summed E-state index contributed by atoms with van der Waals surface area (Å²) in [5, 5.41) is 4.23. The highest BCUT2D eigenvalue weighted by molar-refractivity contribution is 5.67. The highest BCUT2D eigenvalue weighted by Crippen LogP contribution is 2.23. The molecule has 21 heavy (non-hydrogen) atoms. The monoisotopic (exact) mass is 276 g/mol. The fourth-order valence-electron chi connectivity index (χ4n) is 2.39. The summed E-state index contributed by atoms with van der Waals surface area (Å²) in [6, 6.07) is 9.57. The number of fused-ring (bicyclic) bond motifs is 1. The Morgan fingerprint density at radius 1 is 0.952 bits per heavy atom. The van der Waals surface area contributed by atoms with Crippen LogP contribution in [-0.2, 0) is 0 Å². The van der Waals surface area contributed by atoms with E-state index in [-0.39, 0.29) is 0 Å². The summed E-state index contributed by atoms with van der Waals surface area (Å²) in [4.78, 5) is 8.89. The molecule has 1 aromatic carbocycles. The predicted molar refractivity (Wildman–Crippen MR) is 80.0 cm³/mol.